The Morgan fingerprint density at radius 2 is 1.76 bits per heavy atom. The molecule has 0 radical (unpaired) electrons. The SMILES string of the molecule is CCOc1ccccc1OCC(=O)N[C@H](C(=O)O)C(C)C. The number of hydrogen-bond donors (Lipinski definition) is 2. The first-order valence-electron chi connectivity index (χ1n) is 6.82. The van der Waals surface area contributed by atoms with Gasteiger partial charge >= 0.3 is 5.97 Å². The Hall–Kier alpha value is -2.24. The number of hydrogen-bond acceptors (Lipinski definition) is 4. The van der Waals surface area contributed by atoms with E-state index >= 15 is 0 Å². The Labute approximate surface area is 124 Å². The molecule has 1 atom stereocenters. The van der Waals surface area contributed by atoms with Gasteiger partial charge in [-0.15, -0.1) is 0 Å². The van der Waals surface area contributed by atoms with Gasteiger partial charge in [-0.3, -0.25) is 4.79 Å². The van der Waals surface area contributed by atoms with Gasteiger partial charge in [-0.05, 0) is 25.0 Å². The summed E-state index contributed by atoms with van der Waals surface area (Å²) in [5.41, 5.74) is 0. The zero-order valence-corrected chi connectivity index (χ0v) is 12.5. The minimum atomic E-state index is -1.06. The number of amides is 1. The second-order valence-corrected chi connectivity index (χ2v) is 4.80. The summed E-state index contributed by atoms with van der Waals surface area (Å²) < 4.78 is 10.8. The molecule has 0 aliphatic rings. The van der Waals surface area contributed by atoms with Crippen molar-refractivity contribution >= 4 is 11.9 Å². The molecule has 6 nitrogen and oxygen atoms in total. The molecule has 1 aromatic rings. The largest absolute Gasteiger partial charge is 0.490 e. The minimum absolute atomic E-state index is 0.206. The first kappa shape index (κ1) is 16.8. The Balaban J connectivity index is 2.59. The zero-order valence-electron chi connectivity index (χ0n) is 12.5. The van der Waals surface area contributed by atoms with Crippen molar-refractivity contribution in [3.63, 3.8) is 0 Å². The van der Waals surface area contributed by atoms with Crippen LogP contribution in [0.15, 0.2) is 24.3 Å². The number of rotatable bonds is 8. The maximum atomic E-state index is 11.8. The van der Waals surface area contributed by atoms with E-state index in [-0.39, 0.29) is 12.5 Å². The fourth-order valence-corrected chi connectivity index (χ4v) is 1.72. The van der Waals surface area contributed by atoms with Crippen LogP contribution in [0.5, 0.6) is 11.5 Å². The van der Waals surface area contributed by atoms with Crippen molar-refractivity contribution in [3.8, 4) is 11.5 Å². The van der Waals surface area contributed by atoms with Crippen LogP contribution in [-0.2, 0) is 9.59 Å². The number of carboxylic acid groups (broad SMARTS) is 1. The molecule has 2 N–H and O–H groups in total. The van der Waals surface area contributed by atoms with Gasteiger partial charge in [-0.1, -0.05) is 26.0 Å². The van der Waals surface area contributed by atoms with Gasteiger partial charge in [0.15, 0.2) is 18.1 Å². The second-order valence-electron chi connectivity index (χ2n) is 4.80. The summed E-state index contributed by atoms with van der Waals surface area (Å²) in [5.74, 6) is -0.755. The third kappa shape index (κ3) is 5.33. The number of nitrogens with one attached hydrogen (secondary N) is 1. The fourth-order valence-electron chi connectivity index (χ4n) is 1.72. The van der Waals surface area contributed by atoms with Crippen LogP contribution in [0, 0.1) is 5.92 Å². The van der Waals surface area contributed by atoms with Crippen molar-refractivity contribution in [2.75, 3.05) is 13.2 Å². The van der Waals surface area contributed by atoms with E-state index in [0.29, 0.717) is 18.1 Å². The topological polar surface area (TPSA) is 84.9 Å². The third-order valence-electron chi connectivity index (χ3n) is 2.76. The molecule has 0 saturated heterocycles. The average Bonchev–Trinajstić information content (AvgIpc) is 2.43. The Morgan fingerprint density at radius 1 is 1.19 bits per heavy atom. The number of carbonyl (C=O) groups excluding carboxylic acids is 1. The molecule has 1 rings (SSSR count). The predicted molar refractivity (Wildman–Crippen MR) is 77.5 cm³/mol. The zero-order chi connectivity index (χ0) is 15.8. The highest BCUT2D eigenvalue weighted by Gasteiger charge is 2.23. The average molecular weight is 295 g/mol. The van der Waals surface area contributed by atoms with Gasteiger partial charge in [0.05, 0.1) is 6.61 Å². The highest BCUT2D eigenvalue weighted by Crippen LogP contribution is 2.26. The summed E-state index contributed by atoms with van der Waals surface area (Å²) in [6.45, 7) is 5.53. The number of para-hydroxylation sites is 2. The molecule has 0 heterocycles. The van der Waals surface area contributed by atoms with Crippen LogP contribution in [0.2, 0.25) is 0 Å². The van der Waals surface area contributed by atoms with E-state index in [4.69, 9.17) is 14.6 Å². The smallest absolute Gasteiger partial charge is 0.326 e. The monoisotopic (exact) mass is 295 g/mol. The molecular formula is C15H21NO5. The van der Waals surface area contributed by atoms with Gasteiger partial charge < -0.3 is 19.9 Å². The molecular weight excluding hydrogens is 274 g/mol. The van der Waals surface area contributed by atoms with Crippen molar-refractivity contribution in [1.29, 1.82) is 0 Å². The third-order valence-corrected chi connectivity index (χ3v) is 2.76. The van der Waals surface area contributed by atoms with Crippen LogP contribution in [0.3, 0.4) is 0 Å². The fraction of sp³-hybridized carbons (Fsp3) is 0.467. The molecule has 0 aliphatic carbocycles. The van der Waals surface area contributed by atoms with Gasteiger partial charge in [0.2, 0.25) is 0 Å². The van der Waals surface area contributed by atoms with Crippen molar-refractivity contribution in [3.05, 3.63) is 24.3 Å². The number of ether oxygens (including phenoxy) is 2. The summed E-state index contributed by atoms with van der Waals surface area (Å²) in [7, 11) is 0. The lowest BCUT2D eigenvalue weighted by Crippen LogP contribution is -2.46. The molecule has 0 fully saturated rings. The van der Waals surface area contributed by atoms with Crippen LogP contribution < -0.4 is 14.8 Å². The first-order chi connectivity index (χ1) is 9.95. The van der Waals surface area contributed by atoms with Crippen LogP contribution in [0.4, 0.5) is 0 Å². The van der Waals surface area contributed by atoms with Gasteiger partial charge in [0.25, 0.3) is 5.91 Å². The van der Waals surface area contributed by atoms with Crippen LogP contribution >= 0.6 is 0 Å². The van der Waals surface area contributed by atoms with Crippen molar-refractivity contribution in [2.45, 2.75) is 26.8 Å². The first-order valence-corrected chi connectivity index (χ1v) is 6.82. The lowest BCUT2D eigenvalue weighted by Gasteiger charge is -2.18. The maximum Gasteiger partial charge on any atom is 0.326 e. The van der Waals surface area contributed by atoms with Gasteiger partial charge in [0.1, 0.15) is 6.04 Å². The molecule has 0 aliphatic heterocycles. The van der Waals surface area contributed by atoms with E-state index in [1.165, 1.54) is 0 Å². The van der Waals surface area contributed by atoms with E-state index in [9.17, 15) is 9.59 Å². The molecule has 1 aromatic carbocycles. The van der Waals surface area contributed by atoms with E-state index in [2.05, 4.69) is 5.32 Å². The quantitative estimate of drug-likeness (QED) is 0.762. The molecule has 0 aromatic heterocycles. The number of aliphatic carboxylic acids is 1. The summed E-state index contributed by atoms with van der Waals surface area (Å²) in [6, 6.07) is 6.07. The minimum Gasteiger partial charge on any atom is -0.490 e. The molecule has 21 heavy (non-hydrogen) atoms. The van der Waals surface area contributed by atoms with Gasteiger partial charge in [-0.25, -0.2) is 4.79 Å². The summed E-state index contributed by atoms with van der Waals surface area (Å²) in [6.07, 6.45) is 0. The lowest BCUT2D eigenvalue weighted by molar-refractivity contribution is -0.143. The molecule has 0 spiro atoms. The summed E-state index contributed by atoms with van der Waals surface area (Å²) in [5, 5.41) is 11.4. The van der Waals surface area contributed by atoms with E-state index in [0.717, 1.165) is 0 Å². The predicted octanol–water partition coefficient (Wildman–Crippen LogP) is 1.69. The Kier molecular flexibility index (Phi) is 6.52. The Bertz CT molecular complexity index is 487. The van der Waals surface area contributed by atoms with Crippen molar-refractivity contribution < 1.29 is 24.2 Å². The molecule has 0 unspecified atom stereocenters. The van der Waals surface area contributed by atoms with Crippen molar-refractivity contribution in [2.24, 2.45) is 5.92 Å². The second kappa shape index (κ2) is 8.14. The summed E-state index contributed by atoms with van der Waals surface area (Å²) >= 11 is 0. The maximum absolute atomic E-state index is 11.8. The standard InChI is InChI=1S/C15H21NO5/c1-4-20-11-7-5-6-8-12(11)21-9-13(17)16-14(10(2)3)15(18)19/h5-8,10,14H,4,9H2,1-3H3,(H,16,17)(H,18,19)/t14-/m0/s1. The molecule has 0 saturated carbocycles. The lowest BCUT2D eigenvalue weighted by atomic mass is 10.1. The normalized spacial score (nSPS) is 11.8. The number of carboxylic acids is 1. The summed E-state index contributed by atoms with van der Waals surface area (Å²) in [4.78, 5) is 22.8. The highest BCUT2D eigenvalue weighted by molar-refractivity contribution is 5.84. The molecule has 6 heteroatoms. The Morgan fingerprint density at radius 3 is 2.24 bits per heavy atom. The molecule has 0 bridgehead atoms. The molecule has 1 amide bonds. The van der Waals surface area contributed by atoms with Gasteiger partial charge in [-0.2, -0.15) is 0 Å². The van der Waals surface area contributed by atoms with E-state index in [1.807, 2.05) is 6.92 Å². The molecule has 116 valence electrons. The van der Waals surface area contributed by atoms with Gasteiger partial charge in [0, 0.05) is 0 Å². The highest BCUT2D eigenvalue weighted by atomic mass is 16.5. The number of benzene rings is 1. The number of carbonyl (C=O) groups is 2. The van der Waals surface area contributed by atoms with Crippen LogP contribution in [-0.4, -0.2) is 36.2 Å². The van der Waals surface area contributed by atoms with Crippen LogP contribution in [0.25, 0.3) is 0 Å². The van der Waals surface area contributed by atoms with E-state index < -0.39 is 17.9 Å². The van der Waals surface area contributed by atoms with Crippen molar-refractivity contribution in [1.82, 2.24) is 5.32 Å². The van der Waals surface area contributed by atoms with E-state index in [1.54, 1.807) is 38.1 Å². The van der Waals surface area contributed by atoms with Crippen LogP contribution in [0.1, 0.15) is 20.8 Å².